The van der Waals surface area contributed by atoms with Gasteiger partial charge in [-0.2, -0.15) is 0 Å². The molecule has 0 unspecified atom stereocenters. The maximum Gasteiger partial charge on any atom is 0.159 e. The Bertz CT molecular complexity index is 363. The van der Waals surface area contributed by atoms with Gasteiger partial charge < -0.3 is 15.0 Å². The Morgan fingerprint density at radius 2 is 1.94 bits per heavy atom. The maximum atomic E-state index is 11.1. The quantitative estimate of drug-likeness (QED) is 0.715. The average molecular weight is 250 g/mol. The van der Waals surface area contributed by atoms with Crippen LogP contribution in [0.15, 0.2) is 24.3 Å². The maximum absolute atomic E-state index is 11.1. The zero-order chi connectivity index (χ0) is 13.4. The Labute approximate surface area is 109 Å². The highest BCUT2D eigenvalue weighted by Crippen LogP contribution is 2.09. The van der Waals surface area contributed by atoms with Crippen molar-refractivity contribution in [3.8, 4) is 0 Å². The average Bonchev–Trinajstić information content (AvgIpc) is 2.37. The molecule has 0 aromatic heterocycles. The Morgan fingerprint density at radius 3 is 2.50 bits per heavy atom. The number of carbonyl (C=O) groups is 1. The molecule has 1 aromatic rings. The largest absolute Gasteiger partial charge is 0.384 e. The molecule has 0 aliphatic carbocycles. The first-order chi connectivity index (χ1) is 8.63. The van der Waals surface area contributed by atoms with Crippen LogP contribution in [-0.4, -0.2) is 51.1 Å². The lowest BCUT2D eigenvalue weighted by molar-refractivity contribution is 0.101. The standard InChI is InChI=1S/C14H22N2O2/c1-12(17)13-4-6-14(7-5-13)15-8-9-16(2)10-11-18-3/h4-7,15H,8-11H2,1-3H3. The summed E-state index contributed by atoms with van der Waals surface area (Å²) >= 11 is 0. The molecule has 0 aliphatic rings. The van der Waals surface area contributed by atoms with Crippen molar-refractivity contribution in [2.45, 2.75) is 6.92 Å². The lowest BCUT2D eigenvalue weighted by Gasteiger charge is -2.16. The molecular weight excluding hydrogens is 228 g/mol. The van der Waals surface area contributed by atoms with Gasteiger partial charge in [-0.15, -0.1) is 0 Å². The number of hydrogen-bond donors (Lipinski definition) is 1. The molecule has 0 saturated carbocycles. The molecule has 1 aromatic carbocycles. The summed E-state index contributed by atoms with van der Waals surface area (Å²) in [6.45, 7) is 5.09. The van der Waals surface area contributed by atoms with Crippen LogP contribution < -0.4 is 5.32 Å². The molecule has 4 heteroatoms. The number of ether oxygens (including phenoxy) is 1. The molecule has 0 aliphatic heterocycles. The number of nitrogens with one attached hydrogen (secondary N) is 1. The summed E-state index contributed by atoms with van der Waals surface area (Å²) in [4.78, 5) is 13.3. The van der Waals surface area contributed by atoms with Crippen molar-refractivity contribution >= 4 is 11.5 Å². The summed E-state index contributed by atoms with van der Waals surface area (Å²) in [5.74, 6) is 0.0980. The van der Waals surface area contributed by atoms with E-state index in [0.717, 1.165) is 37.5 Å². The number of carbonyl (C=O) groups excluding carboxylic acids is 1. The highest BCUT2D eigenvalue weighted by molar-refractivity contribution is 5.94. The van der Waals surface area contributed by atoms with Crippen LogP contribution in [0, 0.1) is 0 Å². The van der Waals surface area contributed by atoms with E-state index in [-0.39, 0.29) is 5.78 Å². The Balaban J connectivity index is 2.29. The van der Waals surface area contributed by atoms with Crippen LogP contribution >= 0.6 is 0 Å². The normalized spacial score (nSPS) is 10.7. The number of ketones is 1. The Morgan fingerprint density at radius 1 is 1.28 bits per heavy atom. The second-order valence-electron chi connectivity index (χ2n) is 4.36. The van der Waals surface area contributed by atoms with Crippen molar-refractivity contribution < 1.29 is 9.53 Å². The summed E-state index contributed by atoms with van der Waals surface area (Å²) in [6, 6.07) is 7.57. The number of methoxy groups -OCH3 is 1. The van der Waals surface area contributed by atoms with Gasteiger partial charge in [0.1, 0.15) is 0 Å². The molecule has 0 bridgehead atoms. The second kappa shape index (κ2) is 7.84. The third kappa shape index (κ3) is 5.29. The SMILES string of the molecule is COCCN(C)CCNc1ccc(C(C)=O)cc1. The van der Waals surface area contributed by atoms with Crippen LogP contribution in [0.25, 0.3) is 0 Å². The van der Waals surface area contributed by atoms with Gasteiger partial charge in [0.2, 0.25) is 0 Å². The number of benzene rings is 1. The van der Waals surface area contributed by atoms with Crippen molar-refractivity contribution in [3.05, 3.63) is 29.8 Å². The van der Waals surface area contributed by atoms with E-state index in [4.69, 9.17) is 4.74 Å². The third-order valence-electron chi connectivity index (χ3n) is 2.79. The summed E-state index contributed by atoms with van der Waals surface area (Å²) in [7, 11) is 3.78. The zero-order valence-corrected chi connectivity index (χ0v) is 11.4. The van der Waals surface area contributed by atoms with Crippen molar-refractivity contribution in [2.75, 3.05) is 45.7 Å². The number of rotatable bonds is 8. The van der Waals surface area contributed by atoms with Crippen LogP contribution in [0.3, 0.4) is 0 Å². The molecule has 0 radical (unpaired) electrons. The Kier molecular flexibility index (Phi) is 6.39. The molecule has 18 heavy (non-hydrogen) atoms. The van der Waals surface area contributed by atoms with Crippen molar-refractivity contribution in [3.63, 3.8) is 0 Å². The summed E-state index contributed by atoms with van der Waals surface area (Å²) in [6.07, 6.45) is 0. The van der Waals surface area contributed by atoms with E-state index in [2.05, 4.69) is 17.3 Å². The summed E-state index contributed by atoms with van der Waals surface area (Å²) in [5, 5.41) is 3.32. The van der Waals surface area contributed by atoms with E-state index in [0.29, 0.717) is 0 Å². The third-order valence-corrected chi connectivity index (χ3v) is 2.79. The van der Waals surface area contributed by atoms with Gasteiger partial charge in [0, 0.05) is 38.0 Å². The highest BCUT2D eigenvalue weighted by Gasteiger charge is 2.00. The monoisotopic (exact) mass is 250 g/mol. The topological polar surface area (TPSA) is 41.6 Å². The number of Topliss-reactive ketones (excluding diaryl/α,β-unsaturated/α-hetero) is 1. The molecule has 0 amide bonds. The molecule has 0 atom stereocenters. The van der Waals surface area contributed by atoms with E-state index in [1.807, 2.05) is 24.3 Å². The number of nitrogens with zero attached hydrogens (tertiary/aromatic N) is 1. The lowest BCUT2D eigenvalue weighted by Crippen LogP contribution is -2.28. The fourth-order valence-corrected chi connectivity index (χ4v) is 1.57. The number of hydrogen-bond acceptors (Lipinski definition) is 4. The van der Waals surface area contributed by atoms with Crippen molar-refractivity contribution in [1.82, 2.24) is 4.90 Å². The van der Waals surface area contributed by atoms with Gasteiger partial charge in [-0.05, 0) is 38.2 Å². The van der Waals surface area contributed by atoms with E-state index in [1.54, 1.807) is 14.0 Å². The molecule has 4 nitrogen and oxygen atoms in total. The van der Waals surface area contributed by atoms with E-state index < -0.39 is 0 Å². The van der Waals surface area contributed by atoms with Crippen LogP contribution in [-0.2, 0) is 4.74 Å². The first-order valence-corrected chi connectivity index (χ1v) is 6.16. The fraction of sp³-hybridized carbons (Fsp3) is 0.500. The summed E-state index contributed by atoms with van der Waals surface area (Å²) in [5.41, 5.74) is 1.79. The van der Waals surface area contributed by atoms with Crippen LogP contribution in [0.2, 0.25) is 0 Å². The minimum atomic E-state index is 0.0980. The molecule has 0 spiro atoms. The highest BCUT2D eigenvalue weighted by atomic mass is 16.5. The number of likely N-dealkylation sites (N-methyl/N-ethyl adjacent to an activating group) is 1. The molecule has 1 rings (SSSR count). The van der Waals surface area contributed by atoms with Crippen molar-refractivity contribution in [2.24, 2.45) is 0 Å². The van der Waals surface area contributed by atoms with Gasteiger partial charge in [0.15, 0.2) is 5.78 Å². The van der Waals surface area contributed by atoms with E-state index in [1.165, 1.54) is 0 Å². The lowest BCUT2D eigenvalue weighted by atomic mass is 10.1. The molecular formula is C14H22N2O2. The minimum Gasteiger partial charge on any atom is -0.384 e. The van der Waals surface area contributed by atoms with Gasteiger partial charge in [0.05, 0.1) is 6.61 Å². The minimum absolute atomic E-state index is 0.0980. The Hall–Kier alpha value is -1.39. The van der Waals surface area contributed by atoms with Crippen LogP contribution in [0.1, 0.15) is 17.3 Å². The van der Waals surface area contributed by atoms with Crippen LogP contribution in [0.5, 0.6) is 0 Å². The van der Waals surface area contributed by atoms with Gasteiger partial charge >= 0.3 is 0 Å². The van der Waals surface area contributed by atoms with Gasteiger partial charge in [-0.1, -0.05) is 0 Å². The predicted molar refractivity (Wildman–Crippen MR) is 74.3 cm³/mol. The second-order valence-corrected chi connectivity index (χ2v) is 4.36. The molecule has 1 N–H and O–H groups in total. The molecule has 0 heterocycles. The van der Waals surface area contributed by atoms with Gasteiger partial charge in [-0.25, -0.2) is 0 Å². The van der Waals surface area contributed by atoms with E-state index in [9.17, 15) is 4.79 Å². The first kappa shape index (κ1) is 14.7. The first-order valence-electron chi connectivity index (χ1n) is 6.16. The zero-order valence-electron chi connectivity index (χ0n) is 11.4. The molecule has 100 valence electrons. The van der Waals surface area contributed by atoms with E-state index >= 15 is 0 Å². The van der Waals surface area contributed by atoms with Crippen LogP contribution in [0.4, 0.5) is 5.69 Å². The molecule has 0 fully saturated rings. The summed E-state index contributed by atoms with van der Waals surface area (Å²) < 4.78 is 5.02. The fourth-order valence-electron chi connectivity index (χ4n) is 1.57. The molecule has 0 saturated heterocycles. The van der Waals surface area contributed by atoms with Gasteiger partial charge in [-0.3, -0.25) is 4.79 Å². The smallest absolute Gasteiger partial charge is 0.159 e. The van der Waals surface area contributed by atoms with Gasteiger partial charge in [0.25, 0.3) is 0 Å². The predicted octanol–water partition coefficient (Wildman–Crippen LogP) is 1.88. The van der Waals surface area contributed by atoms with Crippen molar-refractivity contribution in [1.29, 1.82) is 0 Å². The number of anilines is 1.